The second-order valence-corrected chi connectivity index (χ2v) is 7.74. The van der Waals surface area contributed by atoms with Gasteiger partial charge in [0.05, 0.1) is 12.8 Å². The van der Waals surface area contributed by atoms with Gasteiger partial charge in [0, 0.05) is 36.7 Å². The third-order valence-electron chi connectivity index (χ3n) is 5.83. The smallest absolute Gasteiger partial charge is 0.124 e. The lowest BCUT2D eigenvalue weighted by molar-refractivity contribution is 0.144. The normalized spacial score (nSPS) is 22.1. The fourth-order valence-corrected chi connectivity index (χ4v) is 4.16. The number of benzene rings is 2. The number of phenolic OH excluding ortho intramolecular Hbond substituents is 2. The molecule has 0 radical (unpaired) electrons. The zero-order valence-corrected chi connectivity index (χ0v) is 16.4. The SMILES string of the molecule is COc1ccc(O)c(C2=NC3(CCN(C)CC3)NC(c3ccccc3O)C2)c1. The van der Waals surface area contributed by atoms with E-state index in [9.17, 15) is 10.2 Å². The number of methoxy groups -OCH3 is 1. The number of nitrogens with zero attached hydrogens (tertiary/aromatic N) is 2. The van der Waals surface area contributed by atoms with Crippen molar-refractivity contribution < 1.29 is 14.9 Å². The molecule has 1 saturated heterocycles. The third-order valence-corrected chi connectivity index (χ3v) is 5.83. The zero-order chi connectivity index (χ0) is 19.7. The number of aromatic hydroxyl groups is 2. The molecule has 4 rings (SSSR count). The monoisotopic (exact) mass is 381 g/mol. The van der Waals surface area contributed by atoms with Crippen LogP contribution in [0.25, 0.3) is 0 Å². The molecule has 2 aromatic rings. The first kappa shape index (κ1) is 18.8. The summed E-state index contributed by atoms with van der Waals surface area (Å²) in [6, 6.07) is 12.6. The maximum absolute atomic E-state index is 10.5. The van der Waals surface area contributed by atoms with Crippen LogP contribution in [0.5, 0.6) is 17.2 Å². The van der Waals surface area contributed by atoms with Gasteiger partial charge in [-0.3, -0.25) is 10.3 Å². The van der Waals surface area contributed by atoms with Gasteiger partial charge < -0.3 is 19.8 Å². The second-order valence-electron chi connectivity index (χ2n) is 7.74. The van der Waals surface area contributed by atoms with E-state index in [-0.39, 0.29) is 17.5 Å². The molecule has 2 aromatic carbocycles. The van der Waals surface area contributed by atoms with Gasteiger partial charge in [0.1, 0.15) is 22.9 Å². The molecular weight excluding hydrogens is 354 g/mol. The van der Waals surface area contributed by atoms with Gasteiger partial charge in [0.2, 0.25) is 0 Å². The largest absolute Gasteiger partial charge is 0.508 e. The highest BCUT2D eigenvalue weighted by atomic mass is 16.5. The molecule has 2 heterocycles. The first-order valence-corrected chi connectivity index (χ1v) is 9.70. The summed E-state index contributed by atoms with van der Waals surface area (Å²) in [5.74, 6) is 1.16. The van der Waals surface area contributed by atoms with Gasteiger partial charge in [0.15, 0.2) is 0 Å². The lowest BCUT2D eigenvalue weighted by atomic mass is 9.87. The molecule has 0 bridgehead atoms. The Hall–Kier alpha value is -2.57. The molecule has 6 heteroatoms. The van der Waals surface area contributed by atoms with Crippen LogP contribution < -0.4 is 10.1 Å². The van der Waals surface area contributed by atoms with Gasteiger partial charge in [0.25, 0.3) is 0 Å². The standard InChI is InChI=1S/C22H27N3O3/c1-25-11-9-22(10-12-25)23-18(16-5-3-4-6-20(16)26)14-19(24-22)17-13-15(28-2)7-8-21(17)27/h3-8,13,18,23,26-27H,9-12,14H2,1-2H3. The highest BCUT2D eigenvalue weighted by Gasteiger charge is 2.40. The van der Waals surface area contributed by atoms with Crippen LogP contribution in [0.3, 0.4) is 0 Å². The number of nitrogens with one attached hydrogen (secondary N) is 1. The van der Waals surface area contributed by atoms with E-state index < -0.39 is 5.66 Å². The van der Waals surface area contributed by atoms with Crippen LogP contribution in [0.4, 0.5) is 0 Å². The minimum absolute atomic E-state index is 0.0808. The molecule has 1 unspecified atom stereocenters. The van der Waals surface area contributed by atoms with Gasteiger partial charge in [-0.1, -0.05) is 18.2 Å². The van der Waals surface area contributed by atoms with Crippen LogP contribution in [0.1, 0.15) is 36.4 Å². The van der Waals surface area contributed by atoms with E-state index in [1.54, 1.807) is 25.3 Å². The molecule has 28 heavy (non-hydrogen) atoms. The fraction of sp³-hybridized carbons (Fsp3) is 0.409. The van der Waals surface area contributed by atoms with Gasteiger partial charge in [-0.05, 0) is 44.2 Å². The van der Waals surface area contributed by atoms with Gasteiger partial charge in [-0.15, -0.1) is 0 Å². The van der Waals surface area contributed by atoms with E-state index >= 15 is 0 Å². The van der Waals surface area contributed by atoms with Crippen LogP contribution in [0, 0.1) is 0 Å². The third kappa shape index (κ3) is 3.57. The van der Waals surface area contributed by atoms with E-state index in [0.29, 0.717) is 17.7 Å². The summed E-state index contributed by atoms with van der Waals surface area (Å²) in [7, 11) is 3.73. The van der Waals surface area contributed by atoms with Crippen molar-refractivity contribution in [3.05, 3.63) is 53.6 Å². The number of phenols is 2. The van der Waals surface area contributed by atoms with Crippen LogP contribution in [0.2, 0.25) is 0 Å². The van der Waals surface area contributed by atoms with Crippen molar-refractivity contribution in [2.45, 2.75) is 31.0 Å². The molecule has 0 aliphatic carbocycles. The number of ether oxygens (including phenoxy) is 1. The van der Waals surface area contributed by atoms with Gasteiger partial charge >= 0.3 is 0 Å². The van der Waals surface area contributed by atoms with Gasteiger partial charge in [-0.2, -0.15) is 0 Å². The first-order chi connectivity index (χ1) is 13.5. The van der Waals surface area contributed by atoms with Crippen molar-refractivity contribution >= 4 is 5.71 Å². The Morgan fingerprint density at radius 1 is 1.11 bits per heavy atom. The number of hydrogen-bond acceptors (Lipinski definition) is 6. The maximum Gasteiger partial charge on any atom is 0.124 e. The highest BCUT2D eigenvalue weighted by molar-refractivity contribution is 6.04. The average Bonchev–Trinajstić information content (AvgIpc) is 2.71. The summed E-state index contributed by atoms with van der Waals surface area (Å²) in [6.45, 7) is 1.89. The van der Waals surface area contributed by atoms with E-state index in [1.165, 1.54) is 0 Å². The molecular formula is C22H27N3O3. The van der Waals surface area contributed by atoms with Crippen molar-refractivity contribution in [3.63, 3.8) is 0 Å². The molecule has 1 spiro atoms. The van der Waals surface area contributed by atoms with E-state index in [2.05, 4.69) is 17.3 Å². The molecule has 1 atom stereocenters. The predicted molar refractivity (Wildman–Crippen MR) is 109 cm³/mol. The maximum atomic E-state index is 10.5. The molecule has 3 N–H and O–H groups in total. The summed E-state index contributed by atoms with van der Waals surface area (Å²) >= 11 is 0. The Balaban J connectivity index is 1.77. The van der Waals surface area contributed by atoms with Gasteiger partial charge in [-0.25, -0.2) is 0 Å². The van der Waals surface area contributed by atoms with Crippen LogP contribution >= 0.6 is 0 Å². The second kappa shape index (κ2) is 7.45. The molecule has 2 aliphatic heterocycles. The number of likely N-dealkylation sites (tertiary alicyclic amines) is 1. The van der Waals surface area contributed by atoms with Crippen molar-refractivity contribution in [3.8, 4) is 17.2 Å². The lowest BCUT2D eigenvalue weighted by Crippen LogP contribution is -2.55. The quantitative estimate of drug-likeness (QED) is 0.762. The summed E-state index contributed by atoms with van der Waals surface area (Å²) in [5.41, 5.74) is 1.99. The molecule has 1 fully saturated rings. The minimum Gasteiger partial charge on any atom is -0.508 e. The van der Waals surface area contributed by atoms with Crippen molar-refractivity contribution in [1.82, 2.24) is 10.2 Å². The number of rotatable bonds is 3. The zero-order valence-electron chi connectivity index (χ0n) is 16.4. The Kier molecular flexibility index (Phi) is 5.00. The molecule has 2 aliphatic rings. The molecule has 6 nitrogen and oxygen atoms in total. The minimum atomic E-state index is -0.400. The summed E-state index contributed by atoms with van der Waals surface area (Å²) in [4.78, 5) is 7.40. The lowest BCUT2D eigenvalue weighted by Gasteiger charge is -2.44. The van der Waals surface area contributed by atoms with Crippen LogP contribution in [0.15, 0.2) is 47.5 Å². The number of para-hydroxylation sites is 1. The predicted octanol–water partition coefficient (Wildman–Crippen LogP) is 3.05. The van der Waals surface area contributed by atoms with Crippen molar-refractivity contribution in [1.29, 1.82) is 0 Å². The fourth-order valence-electron chi connectivity index (χ4n) is 4.16. The highest BCUT2D eigenvalue weighted by Crippen LogP contribution is 2.38. The summed E-state index contributed by atoms with van der Waals surface area (Å²) < 4.78 is 5.35. The Morgan fingerprint density at radius 2 is 1.86 bits per heavy atom. The van der Waals surface area contributed by atoms with Crippen LogP contribution in [-0.4, -0.2) is 53.7 Å². The number of piperidine rings is 1. The first-order valence-electron chi connectivity index (χ1n) is 9.70. The Labute approximate surface area is 165 Å². The summed E-state index contributed by atoms with van der Waals surface area (Å²) in [5, 5.41) is 24.6. The average molecular weight is 381 g/mol. The topological polar surface area (TPSA) is 77.3 Å². The van der Waals surface area contributed by atoms with E-state index in [0.717, 1.165) is 37.2 Å². The van der Waals surface area contributed by atoms with Crippen molar-refractivity contribution in [2.75, 3.05) is 27.2 Å². The number of hydrogen-bond donors (Lipinski definition) is 3. The Bertz CT molecular complexity index is 888. The summed E-state index contributed by atoms with van der Waals surface area (Å²) in [6.07, 6.45) is 2.33. The van der Waals surface area contributed by atoms with Crippen LogP contribution in [-0.2, 0) is 0 Å². The molecule has 0 amide bonds. The van der Waals surface area contributed by atoms with E-state index in [4.69, 9.17) is 9.73 Å². The molecule has 0 aromatic heterocycles. The molecule has 0 saturated carbocycles. The van der Waals surface area contributed by atoms with Crippen molar-refractivity contribution in [2.24, 2.45) is 4.99 Å². The number of aliphatic imine (C=N–C) groups is 1. The molecule has 148 valence electrons. The Morgan fingerprint density at radius 3 is 2.57 bits per heavy atom. The van der Waals surface area contributed by atoms with E-state index in [1.807, 2.05) is 24.3 Å².